The minimum atomic E-state index is 0. The topological polar surface area (TPSA) is 19.9 Å². The first-order valence-corrected chi connectivity index (χ1v) is 7.32. The largest absolute Gasteiger partial charge is 1.00 e. The van der Waals surface area contributed by atoms with E-state index in [1.165, 1.54) is 11.4 Å². The molecule has 0 saturated heterocycles. The Hall–Kier alpha value is 0.420. The van der Waals surface area contributed by atoms with Crippen LogP contribution in [-0.2, 0) is 0 Å². The maximum Gasteiger partial charge on any atom is 0.129 e. The van der Waals surface area contributed by atoms with Crippen molar-refractivity contribution in [2.24, 2.45) is 0 Å². The quantitative estimate of drug-likeness (QED) is 0.471. The molecule has 0 aliphatic heterocycles. The molecule has 0 radical (unpaired) electrons. The first kappa shape index (κ1) is 16.4. The molecule has 0 unspecified atom stereocenters. The van der Waals surface area contributed by atoms with Crippen LogP contribution < -0.4 is 27.2 Å². The molecule has 2 N–H and O–H groups in total. The molecule has 5 heteroatoms. The minimum absolute atomic E-state index is 0. The van der Waals surface area contributed by atoms with Crippen LogP contribution >= 0.6 is 31.9 Å². The third kappa shape index (κ3) is 5.17. The molecule has 0 heterocycles. The summed E-state index contributed by atoms with van der Waals surface area (Å²) in [5.74, 6) is 0. The Morgan fingerprint density at radius 1 is 1.06 bits per heavy atom. The fraction of sp³-hybridized carbons (Fsp3) is 0.455. The van der Waals surface area contributed by atoms with E-state index in [9.17, 15) is 0 Å². The van der Waals surface area contributed by atoms with Crippen LogP contribution in [0.3, 0.4) is 0 Å². The number of alkyl halides is 2. The molecular weight excluding hydrogens is 400 g/mol. The Kier molecular flexibility index (Phi) is 9.70. The molecule has 0 saturated carbocycles. The van der Waals surface area contributed by atoms with Crippen LogP contribution in [0.5, 0.6) is 0 Å². The molecule has 1 rings (SSSR count). The summed E-state index contributed by atoms with van der Waals surface area (Å²) in [7, 11) is 2.06. The van der Waals surface area contributed by atoms with Crippen LogP contribution in [0.1, 0.15) is 0 Å². The first-order chi connectivity index (χ1) is 7.31. The number of hydrogen-bond acceptors (Lipinski definition) is 1. The van der Waals surface area contributed by atoms with Crippen LogP contribution in [0.4, 0.5) is 11.4 Å². The molecule has 1 aromatic carbocycles. The molecule has 0 bridgehead atoms. The third-order valence-corrected chi connectivity index (χ3v) is 3.01. The van der Waals surface area contributed by atoms with Crippen LogP contribution in [0.2, 0.25) is 0 Å². The summed E-state index contributed by atoms with van der Waals surface area (Å²) in [6.45, 7) is 2.08. The van der Waals surface area contributed by atoms with Gasteiger partial charge in [-0.05, 0) is 12.1 Å². The summed E-state index contributed by atoms with van der Waals surface area (Å²) in [6.07, 6.45) is 0. The Bertz CT molecular complexity index is 271. The monoisotopic (exact) mass is 414 g/mol. The van der Waals surface area contributed by atoms with Gasteiger partial charge in [-0.25, -0.2) is 0 Å². The zero-order chi connectivity index (χ0) is 11.1. The van der Waals surface area contributed by atoms with Gasteiger partial charge in [0.25, 0.3) is 0 Å². The van der Waals surface area contributed by atoms with Gasteiger partial charge in [0.05, 0.1) is 7.05 Å². The summed E-state index contributed by atoms with van der Waals surface area (Å²) in [5, 5.41) is 4.12. The van der Waals surface area contributed by atoms with Gasteiger partial charge in [-0.15, -0.1) is 0 Å². The summed E-state index contributed by atoms with van der Waals surface area (Å²) < 4.78 is 0. The van der Waals surface area contributed by atoms with E-state index >= 15 is 0 Å². The number of nitrogens with zero attached hydrogens (tertiary/aromatic N) is 1. The summed E-state index contributed by atoms with van der Waals surface area (Å²) >= 11 is 6.96. The number of anilines is 1. The Labute approximate surface area is 125 Å². The molecule has 1 aromatic rings. The first-order valence-electron chi connectivity index (χ1n) is 5.08. The van der Waals surface area contributed by atoms with Crippen molar-refractivity contribution in [2.45, 2.75) is 0 Å². The SMILES string of the molecule is C[NH2+]c1ccc(N(CCBr)CCBr)cc1.[Br-]. The van der Waals surface area contributed by atoms with Crippen molar-refractivity contribution >= 4 is 43.2 Å². The van der Waals surface area contributed by atoms with Crippen molar-refractivity contribution in [3.8, 4) is 0 Å². The highest BCUT2D eigenvalue weighted by molar-refractivity contribution is 9.09. The third-order valence-electron chi connectivity index (χ3n) is 2.30. The lowest BCUT2D eigenvalue weighted by Crippen LogP contribution is -3.00. The van der Waals surface area contributed by atoms with E-state index in [4.69, 9.17) is 0 Å². The highest BCUT2D eigenvalue weighted by Crippen LogP contribution is 2.16. The number of nitrogens with two attached hydrogens (primary N) is 1. The minimum Gasteiger partial charge on any atom is -1.00 e. The zero-order valence-corrected chi connectivity index (χ0v) is 14.1. The van der Waals surface area contributed by atoms with Gasteiger partial charge in [-0.2, -0.15) is 0 Å². The van der Waals surface area contributed by atoms with Crippen LogP contribution in [-0.4, -0.2) is 30.8 Å². The lowest BCUT2D eigenvalue weighted by atomic mass is 10.2. The summed E-state index contributed by atoms with van der Waals surface area (Å²) in [6, 6.07) is 8.68. The Balaban J connectivity index is 0.00000225. The van der Waals surface area contributed by atoms with E-state index in [-0.39, 0.29) is 17.0 Å². The van der Waals surface area contributed by atoms with Gasteiger partial charge in [-0.1, -0.05) is 31.9 Å². The van der Waals surface area contributed by atoms with Crippen molar-refractivity contribution in [1.82, 2.24) is 0 Å². The Morgan fingerprint density at radius 2 is 1.56 bits per heavy atom. The normalized spacial score (nSPS) is 9.69. The van der Waals surface area contributed by atoms with E-state index in [1.807, 2.05) is 0 Å². The van der Waals surface area contributed by atoms with E-state index in [0.29, 0.717) is 0 Å². The smallest absolute Gasteiger partial charge is 0.129 e. The molecule has 0 spiro atoms. The second-order valence-corrected chi connectivity index (χ2v) is 4.83. The average Bonchev–Trinajstić information content (AvgIpc) is 2.29. The molecule has 0 aliphatic carbocycles. The Morgan fingerprint density at radius 3 is 1.94 bits per heavy atom. The predicted molar refractivity (Wildman–Crippen MR) is 73.8 cm³/mol. The predicted octanol–water partition coefficient (Wildman–Crippen LogP) is -0.888. The second-order valence-electron chi connectivity index (χ2n) is 3.25. The number of benzene rings is 1. The molecule has 16 heavy (non-hydrogen) atoms. The fourth-order valence-corrected chi connectivity index (χ4v) is 2.31. The van der Waals surface area contributed by atoms with Gasteiger partial charge in [0.15, 0.2) is 0 Å². The summed E-state index contributed by atoms with van der Waals surface area (Å²) in [5.41, 5.74) is 2.57. The van der Waals surface area contributed by atoms with Crippen LogP contribution in [0.15, 0.2) is 24.3 Å². The van der Waals surface area contributed by atoms with Crippen molar-refractivity contribution < 1.29 is 22.3 Å². The van der Waals surface area contributed by atoms with Gasteiger partial charge in [0.2, 0.25) is 0 Å². The molecule has 0 aliphatic rings. The maximum absolute atomic E-state index is 3.48. The molecule has 0 atom stereocenters. The van der Waals surface area contributed by atoms with E-state index in [2.05, 4.69) is 73.4 Å². The highest BCUT2D eigenvalue weighted by Gasteiger charge is 2.04. The van der Waals surface area contributed by atoms with Gasteiger partial charge in [-0.3, -0.25) is 0 Å². The average molecular weight is 417 g/mol. The molecule has 2 nitrogen and oxygen atoms in total. The molecule has 0 aromatic heterocycles. The van der Waals surface area contributed by atoms with Gasteiger partial charge in [0.1, 0.15) is 5.69 Å². The fourth-order valence-electron chi connectivity index (χ4n) is 1.45. The molecular formula is C11H17Br3N2. The van der Waals surface area contributed by atoms with Gasteiger partial charge < -0.3 is 27.2 Å². The summed E-state index contributed by atoms with van der Waals surface area (Å²) in [4.78, 5) is 2.36. The molecule has 0 fully saturated rings. The number of rotatable bonds is 6. The maximum atomic E-state index is 3.48. The second kappa shape index (κ2) is 9.45. The number of halogens is 3. The number of hydrogen-bond donors (Lipinski definition) is 1. The van der Waals surface area contributed by atoms with Gasteiger partial charge in [0, 0.05) is 41.6 Å². The molecule has 92 valence electrons. The van der Waals surface area contributed by atoms with Crippen molar-refractivity contribution in [3.63, 3.8) is 0 Å². The number of quaternary nitrogens is 1. The standard InChI is InChI=1S/C11H16Br2N2.BrH/c1-14-10-2-4-11(5-3-10)15(8-6-12)9-7-13;/h2-5,14H,6-9H2,1H3;1H. The molecule has 0 amide bonds. The van der Waals surface area contributed by atoms with E-state index in [0.717, 1.165) is 23.7 Å². The van der Waals surface area contributed by atoms with E-state index in [1.54, 1.807) is 0 Å². The zero-order valence-electron chi connectivity index (χ0n) is 9.30. The highest BCUT2D eigenvalue weighted by atomic mass is 79.9. The van der Waals surface area contributed by atoms with Crippen LogP contribution in [0.25, 0.3) is 0 Å². The van der Waals surface area contributed by atoms with E-state index < -0.39 is 0 Å². The lowest BCUT2D eigenvalue weighted by molar-refractivity contribution is -0.539. The van der Waals surface area contributed by atoms with Crippen molar-refractivity contribution in [1.29, 1.82) is 0 Å². The lowest BCUT2D eigenvalue weighted by Gasteiger charge is -2.22. The van der Waals surface area contributed by atoms with Crippen LogP contribution in [0, 0.1) is 0 Å². The van der Waals surface area contributed by atoms with Crippen molar-refractivity contribution in [2.75, 3.05) is 35.7 Å². The van der Waals surface area contributed by atoms with Crippen molar-refractivity contribution in [3.05, 3.63) is 24.3 Å². The van der Waals surface area contributed by atoms with Gasteiger partial charge >= 0.3 is 0 Å².